The van der Waals surface area contributed by atoms with Gasteiger partial charge in [0.2, 0.25) is 0 Å². The van der Waals surface area contributed by atoms with Gasteiger partial charge in [-0.2, -0.15) is 0 Å². The molecule has 0 amide bonds. The van der Waals surface area contributed by atoms with Gasteiger partial charge in [-0.15, -0.1) is 0 Å². The van der Waals surface area contributed by atoms with Crippen LogP contribution in [0.25, 0.3) is 22.5 Å². The first-order valence-electron chi connectivity index (χ1n) is 8.91. The fourth-order valence-electron chi connectivity index (χ4n) is 3.05. The number of rotatable bonds is 6. The van der Waals surface area contributed by atoms with Crippen LogP contribution in [0.1, 0.15) is 6.42 Å². The molecule has 0 N–H and O–H groups in total. The van der Waals surface area contributed by atoms with E-state index in [-0.39, 0.29) is 23.6 Å². The Kier molecular flexibility index (Phi) is 5.10. The fraction of sp³-hybridized carbons (Fsp3) is 0.263. The van der Waals surface area contributed by atoms with Gasteiger partial charge in [0.1, 0.15) is 5.82 Å². The maximum absolute atomic E-state index is 13.0. The predicted octanol–water partition coefficient (Wildman–Crippen LogP) is 2.41. The Morgan fingerprint density at radius 3 is 2.66 bits per heavy atom. The average Bonchev–Trinajstić information content (AvgIpc) is 3.33. The molecule has 3 heterocycles. The Morgan fingerprint density at radius 2 is 1.90 bits per heavy atom. The Hall–Kier alpha value is -3.14. The zero-order chi connectivity index (χ0) is 20.5. The number of aryl methyl sites for hydroxylation is 2. The van der Waals surface area contributed by atoms with Crippen LogP contribution in [0.4, 0.5) is 4.39 Å². The highest BCUT2D eigenvalue weighted by atomic mass is 32.2. The lowest BCUT2D eigenvalue weighted by Gasteiger charge is -2.08. The normalized spacial score (nSPS) is 11.4. The van der Waals surface area contributed by atoms with E-state index in [2.05, 4.69) is 9.97 Å². The molecule has 0 saturated heterocycles. The van der Waals surface area contributed by atoms with Crippen molar-refractivity contribution in [2.45, 2.75) is 18.2 Å². The molecule has 29 heavy (non-hydrogen) atoms. The molecular formula is C19H18FN5O3S. The molecule has 0 aliphatic rings. The summed E-state index contributed by atoms with van der Waals surface area (Å²) in [4.78, 5) is 33.5. The standard InChI is InChI=1S/C19H18FN5O3S/c1-23-11-22-16-15(23)17(26)25(19(27)24(16)2)8-3-9-29-18-21-10-14(28-18)12-4-6-13(20)7-5-12/h4-7,10-11H,3,8-9H2,1-2H3. The monoisotopic (exact) mass is 415 g/mol. The third-order valence-corrected chi connectivity index (χ3v) is 5.49. The Morgan fingerprint density at radius 1 is 1.14 bits per heavy atom. The van der Waals surface area contributed by atoms with Gasteiger partial charge in [-0.25, -0.2) is 19.2 Å². The molecule has 1 aromatic carbocycles. The predicted molar refractivity (Wildman–Crippen MR) is 107 cm³/mol. The highest BCUT2D eigenvalue weighted by Gasteiger charge is 2.14. The van der Waals surface area contributed by atoms with Crippen molar-refractivity contribution < 1.29 is 8.81 Å². The molecule has 4 rings (SSSR count). The molecule has 0 radical (unpaired) electrons. The van der Waals surface area contributed by atoms with E-state index in [1.165, 1.54) is 39.4 Å². The van der Waals surface area contributed by atoms with E-state index in [1.807, 2.05) is 0 Å². The third kappa shape index (κ3) is 3.63. The second-order valence-corrected chi connectivity index (χ2v) is 7.57. The summed E-state index contributed by atoms with van der Waals surface area (Å²) in [5.41, 5.74) is 0.784. The van der Waals surface area contributed by atoms with Crippen LogP contribution in [-0.4, -0.2) is 29.4 Å². The van der Waals surface area contributed by atoms with Gasteiger partial charge in [0.05, 0.1) is 12.5 Å². The minimum atomic E-state index is -0.388. The molecule has 0 spiro atoms. The number of oxazole rings is 1. The third-order valence-electron chi connectivity index (χ3n) is 4.57. The van der Waals surface area contributed by atoms with Crippen molar-refractivity contribution in [3.63, 3.8) is 0 Å². The van der Waals surface area contributed by atoms with Gasteiger partial charge in [0.25, 0.3) is 10.8 Å². The van der Waals surface area contributed by atoms with Gasteiger partial charge in [-0.1, -0.05) is 11.8 Å². The van der Waals surface area contributed by atoms with Gasteiger partial charge in [0, 0.05) is 32.0 Å². The number of imidazole rings is 1. The summed E-state index contributed by atoms with van der Waals surface area (Å²) in [6.07, 6.45) is 3.69. The Labute approximate surface area is 168 Å². The molecule has 10 heteroatoms. The second-order valence-electron chi connectivity index (χ2n) is 6.53. The first-order valence-corrected chi connectivity index (χ1v) is 9.89. The summed E-state index contributed by atoms with van der Waals surface area (Å²) in [6.45, 7) is 0.283. The quantitative estimate of drug-likeness (QED) is 0.355. The van der Waals surface area contributed by atoms with Crippen LogP contribution >= 0.6 is 11.8 Å². The molecule has 0 bridgehead atoms. The number of halogens is 1. The molecule has 0 aliphatic heterocycles. The SMILES string of the molecule is Cn1cnc2c1c(=O)n(CCCSc1ncc(-c3ccc(F)cc3)o1)c(=O)n2C. The van der Waals surface area contributed by atoms with Crippen molar-refractivity contribution >= 4 is 22.9 Å². The highest BCUT2D eigenvalue weighted by molar-refractivity contribution is 7.99. The molecule has 0 unspecified atom stereocenters. The van der Waals surface area contributed by atoms with Crippen LogP contribution in [-0.2, 0) is 20.6 Å². The van der Waals surface area contributed by atoms with E-state index >= 15 is 0 Å². The van der Waals surface area contributed by atoms with Crippen LogP contribution in [0.2, 0.25) is 0 Å². The fourth-order valence-corrected chi connectivity index (χ4v) is 3.77. The van der Waals surface area contributed by atoms with E-state index in [0.717, 1.165) is 5.56 Å². The van der Waals surface area contributed by atoms with Crippen LogP contribution in [0.3, 0.4) is 0 Å². The molecule has 0 atom stereocenters. The Bertz CT molecular complexity index is 1290. The molecule has 8 nitrogen and oxygen atoms in total. The number of hydrogen-bond acceptors (Lipinski definition) is 6. The largest absolute Gasteiger partial charge is 0.431 e. The van der Waals surface area contributed by atoms with E-state index in [4.69, 9.17) is 4.42 Å². The van der Waals surface area contributed by atoms with Gasteiger partial charge < -0.3 is 8.98 Å². The number of hydrogen-bond donors (Lipinski definition) is 0. The van der Waals surface area contributed by atoms with Crippen LogP contribution in [0.15, 0.2) is 56.0 Å². The average molecular weight is 415 g/mol. The van der Waals surface area contributed by atoms with Crippen LogP contribution in [0.5, 0.6) is 0 Å². The summed E-state index contributed by atoms with van der Waals surface area (Å²) in [5.74, 6) is 0.857. The summed E-state index contributed by atoms with van der Waals surface area (Å²) in [7, 11) is 3.33. The van der Waals surface area contributed by atoms with Crippen molar-refractivity contribution in [3.8, 4) is 11.3 Å². The number of thioether (sulfide) groups is 1. The number of nitrogens with zero attached hydrogens (tertiary/aromatic N) is 5. The van der Waals surface area contributed by atoms with E-state index < -0.39 is 0 Å². The van der Waals surface area contributed by atoms with Crippen LogP contribution < -0.4 is 11.2 Å². The maximum Gasteiger partial charge on any atom is 0.332 e. The summed E-state index contributed by atoms with van der Waals surface area (Å²) in [5, 5.41) is 0.478. The van der Waals surface area contributed by atoms with Crippen molar-refractivity contribution in [2.75, 3.05) is 5.75 Å². The smallest absolute Gasteiger partial charge is 0.332 e. The van der Waals surface area contributed by atoms with Gasteiger partial charge in [0.15, 0.2) is 16.9 Å². The molecule has 150 valence electrons. The van der Waals surface area contributed by atoms with Crippen LogP contribution in [0, 0.1) is 5.82 Å². The minimum absolute atomic E-state index is 0.283. The molecule has 4 aromatic rings. The number of fused-ring (bicyclic) bond motifs is 1. The minimum Gasteiger partial charge on any atom is -0.431 e. The van der Waals surface area contributed by atoms with Gasteiger partial charge in [-0.05, 0) is 30.7 Å². The first kappa shape index (κ1) is 19.2. The van der Waals surface area contributed by atoms with Crippen molar-refractivity contribution in [1.29, 1.82) is 0 Å². The second kappa shape index (κ2) is 7.70. The summed E-state index contributed by atoms with van der Waals surface area (Å²) >= 11 is 1.39. The van der Waals surface area contributed by atoms with Crippen molar-refractivity contribution in [2.24, 2.45) is 14.1 Å². The first-order chi connectivity index (χ1) is 14.0. The topological polar surface area (TPSA) is 87.8 Å². The summed E-state index contributed by atoms with van der Waals surface area (Å²) in [6, 6.07) is 5.98. The zero-order valence-electron chi connectivity index (χ0n) is 15.8. The van der Waals surface area contributed by atoms with Crippen molar-refractivity contribution in [3.05, 3.63) is 63.4 Å². The lowest BCUT2D eigenvalue weighted by Crippen LogP contribution is -2.39. The highest BCUT2D eigenvalue weighted by Crippen LogP contribution is 2.25. The van der Waals surface area contributed by atoms with Crippen molar-refractivity contribution in [1.82, 2.24) is 23.7 Å². The maximum atomic E-state index is 13.0. The lowest BCUT2D eigenvalue weighted by molar-refractivity contribution is 0.465. The van der Waals surface area contributed by atoms with E-state index in [1.54, 1.807) is 37.0 Å². The number of benzene rings is 1. The molecule has 3 aromatic heterocycles. The van der Waals surface area contributed by atoms with E-state index in [9.17, 15) is 14.0 Å². The molecule has 0 saturated carbocycles. The lowest BCUT2D eigenvalue weighted by atomic mass is 10.2. The Balaban J connectivity index is 1.43. The summed E-state index contributed by atoms with van der Waals surface area (Å²) < 4.78 is 22.9. The van der Waals surface area contributed by atoms with Gasteiger partial charge in [-0.3, -0.25) is 13.9 Å². The van der Waals surface area contributed by atoms with Gasteiger partial charge >= 0.3 is 5.69 Å². The zero-order valence-corrected chi connectivity index (χ0v) is 16.6. The van der Waals surface area contributed by atoms with E-state index in [0.29, 0.717) is 34.3 Å². The molecule has 0 aliphatic carbocycles. The molecular weight excluding hydrogens is 397 g/mol. The molecule has 0 fully saturated rings. The number of aromatic nitrogens is 5.